The molecule has 3 nitrogen and oxygen atoms in total. The first-order chi connectivity index (χ1) is 8.62. The van der Waals surface area contributed by atoms with Crippen molar-refractivity contribution >= 4 is 5.78 Å². The second-order valence-electron chi connectivity index (χ2n) is 4.45. The molecule has 1 atom stereocenters. The molecule has 0 radical (unpaired) electrons. The van der Waals surface area contributed by atoms with Crippen molar-refractivity contribution in [3.05, 3.63) is 29.3 Å². The first kappa shape index (κ1) is 14.2. The Hall–Kier alpha value is -1.82. The molecule has 0 saturated heterocycles. The van der Waals surface area contributed by atoms with Gasteiger partial charge in [0.25, 0.3) is 0 Å². The average Bonchev–Trinajstić information content (AvgIpc) is 2.37. The van der Waals surface area contributed by atoms with Gasteiger partial charge in [-0.3, -0.25) is 4.79 Å². The lowest BCUT2D eigenvalue weighted by atomic mass is 9.91. The fraction of sp³-hybridized carbons (Fsp3) is 0.467. The molecular weight excluding hydrogens is 226 g/mol. The standard InChI is InChI=1S/C15H19NO2/c1-4-5-13(11(2)17)8-12-6-7-15(18-3)14(9-12)10-16/h6-7,9,13H,4-5,8H2,1-3H3. The summed E-state index contributed by atoms with van der Waals surface area (Å²) in [5, 5.41) is 9.02. The Morgan fingerprint density at radius 2 is 2.22 bits per heavy atom. The van der Waals surface area contributed by atoms with Gasteiger partial charge in [-0.15, -0.1) is 0 Å². The van der Waals surface area contributed by atoms with Crippen LogP contribution in [0.3, 0.4) is 0 Å². The smallest absolute Gasteiger partial charge is 0.136 e. The van der Waals surface area contributed by atoms with E-state index in [0.717, 1.165) is 18.4 Å². The van der Waals surface area contributed by atoms with Crippen LogP contribution in [0.5, 0.6) is 5.75 Å². The number of hydrogen-bond acceptors (Lipinski definition) is 3. The maximum atomic E-state index is 11.5. The first-order valence-corrected chi connectivity index (χ1v) is 6.19. The highest BCUT2D eigenvalue weighted by Gasteiger charge is 2.14. The second kappa shape index (κ2) is 6.80. The highest BCUT2D eigenvalue weighted by molar-refractivity contribution is 5.78. The Morgan fingerprint density at radius 1 is 1.50 bits per heavy atom. The summed E-state index contributed by atoms with van der Waals surface area (Å²) in [6.45, 7) is 3.71. The summed E-state index contributed by atoms with van der Waals surface area (Å²) in [6.07, 6.45) is 2.58. The van der Waals surface area contributed by atoms with Crippen LogP contribution in [-0.4, -0.2) is 12.9 Å². The summed E-state index contributed by atoms with van der Waals surface area (Å²) in [6, 6.07) is 7.63. The Labute approximate surface area is 108 Å². The van der Waals surface area contributed by atoms with Gasteiger partial charge in [-0.1, -0.05) is 19.4 Å². The van der Waals surface area contributed by atoms with E-state index in [2.05, 4.69) is 13.0 Å². The number of ketones is 1. The number of rotatable bonds is 6. The van der Waals surface area contributed by atoms with Crippen molar-refractivity contribution in [2.24, 2.45) is 5.92 Å². The third kappa shape index (κ3) is 3.59. The molecule has 96 valence electrons. The molecule has 0 aliphatic rings. The Bertz CT molecular complexity index is 460. The maximum absolute atomic E-state index is 11.5. The van der Waals surface area contributed by atoms with Crippen LogP contribution in [0, 0.1) is 17.2 Å². The molecule has 18 heavy (non-hydrogen) atoms. The van der Waals surface area contributed by atoms with Crippen molar-refractivity contribution in [3.63, 3.8) is 0 Å². The fourth-order valence-electron chi connectivity index (χ4n) is 2.05. The van der Waals surface area contributed by atoms with Crippen LogP contribution in [0.15, 0.2) is 18.2 Å². The highest BCUT2D eigenvalue weighted by atomic mass is 16.5. The molecule has 0 spiro atoms. The van der Waals surface area contributed by atoms with Gasteiger partial charge in [0.05, 0.1) is 12.7 Å². The first-order valence-electron chi connectivity index (χ1n) is 6.19. The lowest BCUT2D eigenvalue weighted by molar-refractivity contribution is -0.120. The van der Waals surface area contributed by atoms with Crippen molar-refractivity contribution in [1.82, 2.24) is 0 Å². The van der Waals surface area contributed by atoms with Gasteiger partial charge in [-0.05, 0) is 37.5 Å². The van der Waals surface area contributed by atoms with E-state index in [-0.39, 0.29) is 11.7 Å². The average molecular weight is 245 g/mol. The third-order valence-electron chi connectivity index (χ3n) is 3.08. The number of carbonyl (C=O) groups excluding carboxylic acids is 1. The number of methoxy groups -OCH3 is 1. The van der Waals surface area contributed by atoms with E-state index in [4.69, 9.17) is 10.00 Å². The lowest BCUT2D eigenvalue weighted by Crippen LogP contribution is -2.13. The number of nitrogens with zero attached hydrogens (tertiary/aromatic N) is 1. The van der Waals surface area contributed by atoms with Gasteiger partial charge in [-0.2, -0.15) is 5.26 Å². The summed E-state index contributed by atoms with van der Waals surface area (Å²) >= 11 is 0. The molecule has 0 N–H and O–H groups in total. The second-order valence-corrected chi connectivity index (χ2v) is 4.45. The van der Waals surface area contributed by atoms with Crippen LogP contribution in [-0.2, 0) is 11.2 Å². The van der Waals surface area contributed by atoms with E-state index >= 15 is 0 Å². The van der Waals surface area contributed by atoms with Gasteiger partial charge in [0.1, 0.15) is 17.6 Å². The molecule has 1 rings (SSSR count). The number of carbonyl (C=O) groups is 1. The van der Waals surface area contributed by atoms with Gasteiger partial charge in [0, 0.05) is 5.92 Å². The van der Waals surface area contributed by atoms with Gasteiger partial charge >= 0.3 is 0 Å². The molecule has 0 heterocycles. The van der Waals surface area contributed by atoms with E-state index < -0.39 is 0 Å². The maximum Gasteiger partial charge on any atom is 0.136 e. The van der Waals surface area contributed by atoms with Gasteiger partial charge in [-0.25, -0.2) is 0 Å². The summed E-state index contributed by atoms with van der Waals surface area (Å²) in [4.78, 5) is 11.5. The molecule has 0 amide bonds. The Kier molecular flexibility index (Phi) is 5.38. The van der Waals surface area contributed by atoms with Crippen molar-refractivity contribution in [1.29, 1.82) is 5.26 Å². The number of hydrogen-bond donors (Lipinski definition) is 0. The number of benzene rings is 1. The minimum atomic E-state index is 0.0509. The molecule has 0 bridgehead atoms. The fourth-order valence-corrected chi connectivity index (χ4v) is 2.05. The Balaban J connectivity index is 2.90. The molecular formula is C15H19NO2. The molecule has 0 aliphatic carbocycles. The highest BCUT2D eigenvalue weighted by Crippen LogP contribution is 2.22. The predicted molar refractivity (Wildman–Crippen MR) is 70.5 cm³/mol. The summed E-state index contributed by atoms with van der Waals surface area (Å²) < 4.78 is 5.10. The SMILES string of the molecule is CCCC(Cc1ccc(OC)c(C#N)c1)C(C)=O. The van der Waals surface area contributed by atoms with E-state index in [9.17, 15) is 4.79 Å². The van der Waals surface area contributed by atoms with Crippen LogP contribution in [0.25, 0.3) is 0 Å². The summed E-state index contributed by atoms with van der Waals surface area (Å²) in [5.74, 6) is 0.845. The van der Waals surface area contributed by atoms with Crippen molar-refractivity contribution < 1.29 is 9.53 Å². The van der Waals surface area contributed by atoms with Crippen molar-refractivity contribution in [3.8, 4) is 11.8 Å². The van der Waals surface area contributed by atoms with Crippen LogP contribution in [0.4, 0.5) is 0 Å². The van der Waals surface area contributed by atoms with E-state index in [0.29, 0.717) is 17.7 Å². The van der Waals surface area contributed by atoms with Gasteiger partial charge in [0.15, 0.2) is 0 Å². The van der Waals surface area contributed by atoms with Crippen LogP contribution >= 0.6 is 0 Å². The number of Topliss-reactive ketones (excluding diaryl/α,β-unsaturated/α-hetero) is 1. The topological polar surface area (TPSA) is 50.1 Å². The van der Waals surface area contributed by atoms with Crippen LogP contribution in [0.2, 0.25) is 0 Å². The molecule has 3 heteroatoms. The summed E-state index contributed by atoms with van der Waals surface area (Å²) in [7, 11) is 1.55. The molecule has 1 aromatic carbocycles. The zero-order valence-electron chi connectivity index (χ0n) is 11.2. The number of nitriles is 1. The predicted octanol–water partition coefficient (Wildman–Crippen LogP) is 3.11. The molecule has 0 saturated carbocycles. The zero-order valence-corrected chi connectivity index (χ0v) is 11.2. The van der Waals surface area contributed by atoms with Crippen molar-refractivity contribution in [2.45, 2.75) is 33.1 Å². The van der Waals surface area contributed by atoms with Crippen LogP contribution in [0.1, 0.15) is 37.8 Å². The molecule has 0 aromatic heterocycles. The summed E-state index contributed by atoms with van der Waals surface area (Å²) in [5.41, 5.74) is 1.54. The van der Waals surface area contributed by atoms with E-state index in [1.54, 1.807) is 20.1 Å². The quantitative estimate of drug-likeness (QED) is 0.773. The largest absolute Gasteiger partial charge is 0.495 e. The Morgan fingerprint density at radius 3 is 2.72 bits per heavy atom. The van der Waals surface area contributed by atoms with E-state index in [1.807, 2.05) is 12.1 Å². The van der Waals surface area contributed by atoms with Gasteiger partial charge in [0.2, 0.25) is 0 Å². The monoisotopic (exact) mass is 245 g/mol. The minimum Gasteiger partial charge on any atom is -0.495 e. The van der Waals surface area contributed by atoms with E-state index in [1.165, 1.54) is 0 Å². The van der Waals surface area contributed by atoms with Crippen molar-refractivity contribution in [2.75, 3.05) is 7.11 Å². The third-order valence-corrected chi connectivity index (χ3v) is 3.08. The molecule has 0 fully saturated rings. The minimum absolute atomic E-state index is 0.0509. The number of ether oxygens (including phenoxy) is 1. The molecule has 1 aromatic rings. The zero-order chi connectivity index (χ0) is 13.5. The van der Waals surface area contributed by atoms with Gasteiger partial charge < -0.3 is 4.74 Å². The lowest BCUT2D eigenvalue weighted by Gasteiger charge is -2.13. The normalized spacial score (nSPS) is 11.7. The molecule has 1 unspecified atom stereocenters. The van der Waals surface area contributed by atoms with Crippen LogP contribution < -0.4 is 4.74 Å². The molecule has 0 aliphatic heterocycles.